The number of carbonyl (C=O) groups excluding carboxylic acids is 1. The van der Waals surface area contributed by atoms with Crippen molar-refractivity contribution >= 4 is 17.6 Å². The van der Waals surface area contributed by atoms with Gasteiger partial charge in [-0.1, -0.05) is 12.1 Å². The lowest BCUT2D eigenvalue weighted by atomic mass is 10.2. The van der Waals surface area contributed by atoms with Crippen LogP contribution in [0.1, 0.15) is 12.8 Å². The molecule has 0 bridgehead atoms. The van der Waals surface area contributed by atoms with Crippen molar-refractivity contribution in [1.82, 2.24) is 4.90 Å². The summed E-state index contributed by atoms with van der Waals surface area (Å²) in [6.07, 6.45) is 1.26. The molecule has 1 aromatic rings. The fourth-order valence-electron chi connectivity index (χ4n) is 2.39. The first-order valence-corrected chi connectivity index (χ1v) is 6.52. The van der Waals surface area contributed by atoms with Crippen LogP contribution >= 0.6 is 0 Å². The average molecular weight is 278 g/mol. The summed E-state index contributed by atoms with van der Waals surface area (Å²) in [5, 5.41) is 12.1. The van der Waals surface area contributed by atoms with E-state index >= 15 is 0 Å². The highest BCUT2D eigenvalue weighted by molar-refractivity contribution is 5.87. The van der Waals surface area contributed by atoms with Crippen LogP contribution in [0, 0.1) is 0 Å². The maximum absolute atomic E-state index is 12.1. The molecule has 6 heteroatoms. The number of anilines is 1. The SMILES string of the molecule is COc1ccccc1NCC(=O)N1CCC[C@@H]1C(=O)O. The fourth-order valence-corrected chi connectivity index (χ4v) is 2.39. The van der Waals surface area contributed by atoms with E-state index in [1.165, 1.54) is 4.90 Å². The van der Waals surface area contributed by atoms with Gasteiger partial charge in [-0.2, -0.15) is 0 Å². The maximum atomic E-state index is 12.1. The van der Waals surface area contributed by atoms with Crippen LogP contribution in [0.2, 0.25) is 0 Å². The second-order valence-corrected chi connectivity index (χ2v) is 4.64. The van der Waals surface area contributed by atoms with Crippen molar-refractivity contribution in [2.24, 2.45) is 0 Å². The molecule has 0 spiro atoms. The Morgan fingerprint density at radius 2 is 2.20 bits per heavy atom. The molecule has 1 aromatic carbocycles. The number of carboxylic acids is 1. The zero-order chi connectivity index (χ0) is 14.5. The molecule has 20 heavy (non-hydrogen) atoms. The van der Waals surface area contributed by atoms with Crippen molar-refractivity contribution in [3.05, 3.63) is 24.3 Å². The number of benzene rings is 1. The van der Waals surface area contributed by atoms with Crippen molar-refractivity contribution in [1.29, 1.82) is 0 Å². The van der Waals surface area contributed by atoms with Gasteiger partial charge in [-0.05, 0) is 25.0 Å². The summed E-state index contributed by atoms with van der Waals surface area (Å²) >= 11 is 0. The Labute approximate surface area is 117 Å². The Morgan fingerprint density at radius 1 is 1.45 bits per heavy atom. The predicted molar refractivity (Wildman–Crippen MR) is 73.9 cm³/mol. The lowest BCUT2D eigenvalue weighted by Gasteiger charge is -2.22. The molecule has 0 saturated carbocycles. The number of likely N-dealkylation sites (tertiary alicyclic amines) is 1. The fraction of sp³-hybridized carbons (Fsp3) is 0.429. The van der Waals surface area contributed by atoms with Crippen LogP contribution in [0.15, 0.2) is 24.3 Å². The van der Waals surface area contributed by atoms with Crippen molar-refractivity contribution in [3.8, 4) is 5.75 Å². The van der Waals surface area contributed by atoms with Crippen molar-refractivity contribution in [2.45, 2.75) is 18.9 Å². The van der Waals surface area contributed by atoms with E-state index in [9.17, 15) is 9.59 Å². The molecule has 1 atom stereocenters. The second-order valence-electron chi connectivity index (χ2n) is 4.64. The van der Waals surface area contributed by atoms with Crippen LogP contribution in [0.4, 0.5) is 5.69 Å². The topological polar surface area (TPSA) is 78.9 Å². The van der Waals surface area contributed by atoms with Crippen LogP contribution in [0.5, 0.6) is 5.75 Å². The quantitative estimate of drug-likeness (QED) is 0.845. The van der Waals surface area contributed by atoms with Crippen molar-refractivity contribution in [3.63, 3.8) is 0 Å². The minimum atomic E-state index is -0.937. The van der Waals surface area contributed by atoms with Crippen LogP contribution in [-0.4, -0.2) is 48.1 Å². The smallest absolute Gasteiger partial charge is 0.326 e. The molecule has 1 aliphatic rings. The lowest BCUT2D eigenvalue weighted by molar-refractivity contribution is -0.147. The number of amides is 1. The highest BCUT2D eigenvalue weighted by Crippen LogP contribution is 2.23. The Balaban J connectivity index is 1.97. The van der Waals surface area contributed by atoms with E-state index in [1.54, 1.807) is 13.2 Å². The summed E-state index contributed by atoms with van der Waals surface area (Å²) in [6, 6.07) is 6.59. The van der Waals surface area contributed by atoms with Gasteiger partial charge in [0, 0.05) is 6.54 Å². The van der Waals surface area contributed by atoms with Crippen LogP contribution in [-0.2, 0) is 9.59 Å². The second kappa shape index (κ2) is 6.27. The van der Waals surface area contributed by atoms with Gasteiger partial charge in [0.1, 0.15) is 11.8 Å². The van der Waals surface area contributed by atoms with E-state index in [2.05, 4.69) is 5.32 Å². The number of hydrogen-bond donors (Lipinski definition) is 2. The number of carbonyl (C=O) groups is 2. The number of rotatable bonds is 5. The summed E-state index contributed by atoms with van der Waals surface area (Å²) in [6.45, 7) is 0.563. The van der Waals surface area contributed by atoms with Crippen molar-refractivity contribution in [2.75, 3.05) is 25.5 Å². The van der Waals surface area contributed by atoms with E-state index < -0.39 is 12.0 Å². The van der Waals surface area contributed by atoms with Gasteiger partial charge in [-0.15, -0.1) is 0 Å². The molecule has 1 aliphatic heterocycles. The van der Waals surface area contributed by atoms with Gasteiger partial charge in [0.05, 0.1) is 19.3 Å². The van der Waals surface area contributed by atoms with Gasteiger partial charge in [0.25, 0.3) is 0 Å². The minimum Gasteiger partial charge on any atom is -0.495 e. The van der Waals surface area contributed by atoms with E-state index in [0.717, 1.165) is 12.1 Å². The molecule has 0 aromatic heterocycles. The molecule has 0 radical (unpaired) electrons. The number of aliphatic carboxylic acids is 1. The molecule has 108 valence electrons. The number of methoxy groups -OCH3 is 1. The zero-order valence-corrected chi connectivity index (χ0v) is 11.3. The third-order valence-electron chi connectivity index (χ3n) is 3.40. The molecule has 2 rings (SSSR count). The molecular formula is C14H18N2O4. The monoisotopic (exact) mass is 278 g/mol. The van der Waals surface area contributed by atoms with Gasteiger partial charge in [0.2, 0.25) is 5.91 Å². The number of ether oxygens (including phenoxy) is 1. The highest BCUT2D eigenvalue weighted by Gasteiger charge is 2.33. The summed E-state index contributed by atoms with van der Waals surface area (Å²) < 4.78 is 5.18. The van der Waals surface area contributed by atoms with Crippen molar-refractivity contribution < 1.29 is 19.4 Å². The Kier molecular flexibility index (Phi) is 4.45. The van der Waals surface area contributed by atoms with Gasteiger partial charge in [0.15, 0.2) is 0 Å². The average Bonchev–Trinajstić information content (AvgIpc) is 2.94. The van der Waals surface area contributed by atoms with Crippen LogP contribution in [0.25, 0.3) is 0 Å². The van der Waals surface area contributed by atoms with E-state index in [0.29, 0.717) is 18.7 Å². The number of nitrogens with zero attached hydrogens (tertiary/aromatic N) is 1. The first-order chi connectivity index (χ1) is 9.63. The van der Waals surface area contributed by atoms with Crippen LogP contribution < -0.4 is 10.1 Å². The zero-order valence-electron chi connectivity index (χ0n) is 11.3. The summed E-state index contributed by atoms with van der Waals surface area (Å²) in [5.74, 6) is -0.495. The molecule has 6 nitrogen and oxygen atoms in total. The normalized spacial score (nSPS) is 17.9. The molecule has 0 aliphatic carbocycles. The standard InChI is InChI=1S/C14H18N2O4/c1-20-12-7-3-2-5-10(12)15-9-13(17)16-8-4-6-11(16)14(18)19/h2-3,5,7,11,15H,4,6,8-9H2,1H3,(H,18,19)/t11-/m1/s1. The predicted octanol–water partition coefficient (Wildman–Crippen LogP) is 1.18. The Bertz CT molecular complexity index is 504. The molecule has 1 amide bonds. The number of nitrogens with one attached hydrogen (secondary N) is 1. The first kappa shape index (κ1) is 14.2. The van der Waals surface area contributed by atoms with Gasteiger partial charge in [-0.25, -0.2) is 4.79 Å². The summed E-state index contributed by atoms with van der Waals surface area (Å²) in [5.41, 5.74) is 0.717. The molecule has 1 fully saturated rings. The Morgan fingerprint density at radius 3 is 2.90 bits per heavy atom. The summed E-state index contributed by atoms with van der Waals surface area (Å²) in [7, 11) is 1.56. The molecule has 1 heterocycles. The third-order valence-corrected chi connectivity index (χ3v) is 3.40. The van der Waals surface area contributed by atoms with Gasteiger partial charge >= 0.3 is 5.97 Å². The Hall–Kier alpha value is -2.24. The molecular weight excluding hydrogens is 260 g/mol. The summed E-state index contributed by atoms with van der Waals surface area (Å²) in [4.78, 5) is 24.6. The minimum absolute atomic E-state index is 0.0597. The van der Waals surface area contributed by atoms with E-state index in [1.807, 2.05) is 18.2 Å². The lowest BCUT2D eigenvalue weighted by Crippen LogP contribution is -2.43. The number of carboxylic acid groups (broad SMARTS) is 1. The van der Waals surface area contributed by atoms with Crippen LogP contribution in [0.3, 0.4) is 0 Å². The third kappa shape index (κ3) is 3.01. The van der Waals surface area contributed by atoms with Gasteiger partial charge in [-0.3, -0.25) is 4.79 Å². The largest absolute Gasteiger partial charge is 0.495 e. The number of hydrogen-bond acceptors (Lipinski definition) is 4. The van der Waals surface area contributed by atoms with Gasteiger partial charge < -0.3 is 20.1 Å². The first-order valence-electron chi connectivity index (χ1n) is 6.52. The van der Waals surface area contributed by atoms with E-state index in [4.69, 9.17) is 9.84 Å². The number of para-hydroxylation sites is 2. The molecule has 1 saturated heterocycles. The maximum Gasteiger partial charge on any atom is 0.326 e. The highest BCUT2D eigenvalue weighted by atomic mass is 16.5. The molecule has 2 N–H and O–H groups in total. The van der Waals surface area contributed by atoms with E-state index in [-0.39, 0.29) is 12.5 Å². The molecule has 0 unspecified atom stereocenters.